The highest BCUT2D eigenvalue weighted by Crippen LogP contribution is 2.21. The Hall–Kier alpha value is -2.14. The molecule has 2 aromatic rings. The topological polar surface area (TPSA) is 72.3 Å². The van der Waals surface area contributed by atoms with Crippen molar-refractivity contribution < 1.29 is 14.6 Å². The molecule has 0 aliphatic rings. The van der Waals surface area contributed by atoms with Gasteiger partial charge in [0.05, 0.1) is 19.2 Å². The fourth-order valence-corrected chi connectivity index (χ4v) is 1.68. The van der Waals surface area contributed by atoms with E-state index < -0.39 is 5.97 Å². The maximum Gasteiger partial charge on any atom is 0.309 e. The van der Waals surface area contributed by atoms with E-state index in [1.54, 1.807) is 24.3 Å². The number of aromatic nitrogens is 2. The normalized spacial score (nSPS) is 10.2. The lowest BCUT2D eigenvalue weighted by Crippen LogP contribution is -2.05. The van der Waals surface area contributed by atoms with Gasteiger partial charge in [0.15, 0.2) is 5.82 Å². The van der Waals surface area contributed by atoms with Gasteiger partial charge in [0, 0.05) is 16.7 Å². The standard InChI is InChI=1S/C13H11ClN2O3/c1-19-11-6-10(7-12(17)18)15-13(16-11)8-2-4-9(14)5-3-8/h2-6H,7H2,1H3,(H,17,18). The van der Waals surface area contributed by atoms with Crippen molar-refractivity contribution in [2.24, 2.45) is 0 Å². The molecule has 5 nitrogen and oxygen atoms in total. The van der Waals surface area contributed by atoms with Crippen LogP contribution in [0, 0.1) is 0 Å². The second-order valence-corrected chi connectivity index (χ2v) is 4.24. The van der Waals surface area contributed by atoms with Crippen LogP contribution in [0.1, 0.15) is 5.69 Å². The number of halogens is 1. The van der Waals surface area contributed by atoms with E-state index in [4.69, 9.17) is 21.4 Å². The summed E-state index contributed by atoms with van der Waals surface area (Å²) in [5.41, 5.74) is 1.14. The predicted octanol–water partition coefficient (Wildman–Crippen LogP) is 2.43. The van der Waals surface area contributed by atoms with Crippen LogP contribution in [0.5, 0.6) is 5.88 Å². The molecule has 1 aromatic carbocycles. The Kier molecular flexibility index (Phi) is 3.97. The van der Waals surface area contributed by atoms with Crippen LogP contribution in [-0.4, -0.2) is 28.2 Å². The van der Waals surface area contributed by atoms with Gasteiger partial charge in [-0.05, 0) is 24.3 Å². The number of carboxylic acids is 1. The maximum absolute atomic E-state index is 10.7. The van der Waals surface area contributed by atoms with Crippen molar-refractivity contribution in [3.63, 3.8) is 0 Å². The highest BCUT2D eigenvalue weighted by Gasteiger charge is 2.10. The van der Waals surface area contributed by atoms with Crippen molar-refractivity contribution in [3.05, 3.63) is 41.0 Å². The molecule has 1 aromatic heterocycles. The van der Waals surface area contributed by atoms with Gasteiger partial charge in [-0.1, -0.05) is 11.6 Å². The molecular formula is C13H11ClN2O3. The highest BCUT2D eigenvalue weighted by molar-refractivity contribution is 6.30. The quantitative estimate of drug-likeness (QED) is 0.930. The first-order valence-corrected chi connectivity index (χ1v) is 5.86. The number of carbonyl (C=O) groups is 1. The van der Waals surface area contributed by atoms with E-state index in [0.717, 1.165) is 5.56 Å². The Morgan fingerprint density at radius 2 is 2.00 bits per heavy atom. The Morgan fingerprint density at radius 1 is 1.32 bits per heavy atom. The van der Waals surface area contributed by atoms with E-state index in [-0.39, 0.29) is 6.42 Å². The Morgan fingerprint density at radius 3 is 2.58 bits per heavy atom. The average Bonchev–Trinajstić information content (AvgIpc) is 2.38. The number of methoxy groups -OCH3 is 1. The van der Waals surface area contributed by atoms with Crippen molar-refractivity contribution in [2.75, 3.05) is 7.11 Å². The van der Waals surface area contributed by atoms with E-state index in [0.29, 0.717) is 22.4 Å². The third-order valence-electron chi connectivity index (χ3n) is 2.40. The molecule has 2 rings (SSSR count). The van der Waals surface area contributed by atoms with Gasteiger partial charge in [0.1, 0.15) is 0 Å². The molecular weight excluding hydrogens is 268 g/mol. The number of hydrogen-bond donors (Lipinski definition) is 1. The Bertz CT molecular complexity index is 599. The number of aliphatic carboxylic acids is 1. The van der Waals surface area contributed by atoms with Gasteiger partial charge in [-0.25, -0.2) is 4.98 Å². The summed E-state index contributed by atoms with van der Waals surface area (Å²) in [6, 6.07) is 8.48. The first kappa shape index (κ1) is 13.3. The summed E-state index contributed by atoms with van der Waals surface area (Å²) in [5.74, 6) is -0.216. The molecule has 0 fully saturated rings. The first-order chi connectivity index (χ1) is 9.08. The van der Waals surface area contributed by atoms with Crippen molar-refractivity contribution in [1.82, 2.24) is 9.97 Å². The van der Waals surface area contributed by atoms with E-state index >= 15 is 0 Å². The SMILES string of the molecule is COc1cc(CC(=O)O)nc(-c2ccc(Cl)cc2)n1. The minimum atomic E-state index is -0.956. The molecule has 0 aliphatic carbocycles. The van der Waals surface area contributed by atoms with Gasteiger partial charge < -0.3 is 9.84 Å². The minimum Gasteiger partial charge on any atom is -0.481 e. The van der Waals surface area contributed by atoms with E-state index in [2.05, 4.69) is 9.97 Å². The first-order valence-electron chi connectivity index (χ1n) is 5.48. The molecule has 0 saturated carbocycles. The van der Waals surface area contributed by atoms with Gasteiger partial charge in [-0.2, -0.15) is 4.98 Å². The number of ether oxygens (including phenoxy) is 1. The molecule has 0 atom stereocenters. The van der Waals surface area contributed by atoms with E-state index in [1.807, 2.05) is 0 Å². The third-order valence-corrected chi connectivity index (χ3v) is 2.65. The van der Waals surface area contributed by atoms with Crippen molar-refractivity contribution >= 4 is 17.6 Å². The monoisotopic (exact) mass is 278 g/mol. The van der Waals surface area contributed by atoms with Crippen LogP contribution >= 0.6 is 11.6 Å². The number of hydrogen-bond acceptors (Lipinski definition) is 4. The lowest BCUT2D eigenvalue weighted by Gasteiger charge is -2.06. The Balaban J connectivity index is 2.44. The highest BCUT2D eigenvalue weighted by atomic mass is 35.5. The Labute approximate surface area is 114 Å². The second kappa shape index (κ2) is 5.67. The average molecular weight is 279 g/mol. The van der Waals surface area contributed by atoms with Gasteiger partial charge in [0.25, 0.3) is 0 Å². The van der Waals surface area contributed by atoms with Gasteiger partial charge in [-0.15, -0.1) is 0 Å². The summed E-state index contributed by atoms with van der Waals surface area (Å²) < 4.78 is 5.05. The van der Waals surface area contributed by atoms with Crippen molar-refractivity contribution in [3.8, 4) is 17.3 Å². The van der Waals surface area contributed by atoms with Crippen molar-refractivity contribution in [1.29, 1.82) is 0 Å². The number of rotatable bonds is 4. The molecule has 0 radical (unpaired) electrons. The maximum atomic E-state index is 10.7. The molecule has 98 valence electrons. The lowest BCUT2D eigenvalue weighted by molar-refractivity contribution is -0.136. The number of benzene rings is 1. The molecule has 6 heteroatoms. The van der Waals surface area contributed by atoms with Crippen LogP contribution in [0.25, 0.3) is 11.4 Å². The molecule has 19 heavy (non-hydrogen) atoms. The molecule has 0 unspecified atom stereocenters. The summed E-state index contributed by atoms with van der Waals surface area (Å²) in [6.07, 6.45) is -0.181. The van der Waals surface area contributed by atoms with Crippen molar-refractivity contribution in [2.45, 2.75) is 6.42 Å². The lowest BCUT2D eigenvalue weighted by atomic mass is 10.2. The summed E-state index contributed by atoms with van der Waals surface area (Å²) in [7, 11) is 1.47. The van der Waals surface area contributed by atoms with E-state index in [1.165, 1.54) is 13.2 Å². The van der Waals surface area contributed by atoms with Crippen LogP contribution in [-0.2, 0) is 11.2 Å². The molecule has 1 heterocycles. The summed E-state index contributed by atoms with van der Waals surface area (Å²) in [5, 5.41) is 9.42. The van der Waals surface area contributed by atoms with Gasteiger partial charge in [0.2, 0.25) is 5.88 Å². The molecule has 0 saturated heterocycles. The van der Waals surface area contributed by atoms with E-state index in [9.17, 15) is 4.79 Å². The summed E-state index contributed by atoms with van der Waals surface area (Å²) >= 11 is 5.81. The van der Waals surface area contributed by atoms with Crippen LogP contribution in [0.3, 0.4) is 0 Å². The van der Waals surface area contributed by atoms with Crippen LogP contribution in [0.4, 0.5) is 0 Å². The van der Waals surface area contributed by atoms with Gasteiger partial charge >= 0.3 is 5.97 Å². The second-order valence-electron chi connectivity index (χ2n) is 3.80. The predicted molar refractivity (Wildman–Crippen MR) is 70.4 cm³/mol. The van der Waals surface area contributed by atoms with Crippen LogP contribution in [0.15, 0.2) is 30.3 Å². The molecule has 0 spiro atoms. The minimum absolute atomic E-state index is 0.181. The summed E-state index contributed by atoms with van der Waals surface area (Å²) in [6.45, 7) is 0. The third kappa shape index (κ3) is 3.42. The fourth-order valence-electron chi connectivity index (χ4n) is 1.55. The van der Waals surface area contributed by atoms with Gasteiger partial charge in [-0.3, -0.25) is 4.79 Å². The zero-order chi connectivity index (χ0) is 13.8. The smallest absolute Gasteiger partial charge is 0.309 e. The van der Waals surface area contributed by atoms with Crippen LogP contribution in [0.2, 0.25) is 5.02 Å². The van der Waals surface area contributed by atoms with Crippen LogP contribution < -0.4 is 4.74 Å². The summed E-state index contributed by atoms with van der Waals surface area (Å²) in [4.78, 5) is 19.1. The number of carboxylic acid groups (broad SMARTS) is 1. The zero-order valence-corrected chi connectivity index (χ0v) is 10.9. The fraction of sp³-hybridized carbons (Fsp3) is 0.154. The molecule has 0 aliphatic heterocycles. The molecule has 0 bridgehead atoms. The number of nitrogens with zero attached hydrogens (tertiary/aromatic N) is 2. The largest absolute Gasteiger partial charge is 0.481 e. The molecule has 1 N–H and O–H groups in total. The molecule has 0 amide bonds. The zero-order valence-electron chi connectivity index (χ0n) is 10.1.